The molecule has 3 N–H and O–H groups in total. The number of carbonyl (C=O) groups is 2. The van der Waals surface area contributed by atoms with Crippen LogP contribution >= 0.6 is 11.6 Å². The molecule has 1 atom stereocenters. The fourth-order valence-corrected chi connectivity index (χ4v) is 4.40. The number of nitrogens with zero attached hydrogens (tertiary/aromatic N) is 2. The molecular formula is C26H27ClN4O5. The van der Waals surface area contributed by atoms with E-state index in [0.717, 1.165) is 12.0 Å². The number of rotatable bonds is 9. The Balaban J connectivity index is 1.41. The van der Waals surface area contributed by atoms with Gasteiger partial charge >= 0.3 is 0 Å². The predicted octanol–water partition coefficient (Wildman–Crippen LogP) is 3.23. The van der Waals surface area contributed by atoms with Crippen LogP contribution in [-0.2, 0) is 11.2 Å². The number of aromatic hydroxyl groups is 1. The number of para-hydroxylation sites is 1. The molecule has 4 rings (SSSR count). The summed E-state index contributed by atoms with van der Waals surface area (Å²) in [5.74, 6) is -0.739. The van der Waals surface area contributed by atoms with Gasteiger partial charge in [-0.2, -0.15) is 0 Å². The van der Waals surface area contributed by atoms with E-state index in [2.05, 4.69) is 15.3 Å². The van der Waals surface area contributed by atoms with E-state index in [4.69, 9.17) is 16.3 Å². The molecule has 1 saturated heterocycles. The lowest BCUT2D eigenvalue weighted by Gasteiger charge is -2.24. The lowest BCUT2D eigenvalue weighted by molar-refractivity contribution is -0.132. The predicted molar refractivity (Wildman–Crippen MR) is 134 cm³/mol. The highest BCUT2D eigenvalue weighted by Crippen LogP contribution is 2.31. The summed E-state index contributed by atoms with van der Waals surface area (Å²) in [6, 6.07) is 16.0. The second-order valence-electron chi connectivity index (χ2n) is 8.40. The molecule has 0 unspecified atom stereocenters. The largest absolute Gasteiger partial charge is 0.501 e. The molecule has 1 aliphatic heterocycles. The van der Waals surface area contributed by atoms with Crippen LogP contribution in [0.1, 0.15) is 47.2 Å². The Hall–Kier alpha value is -3.85. The number of aromatic amines is 1. The van der Waals surface area contributed by atoms with E-state index < -0.39 is 23.3 Å². The Morgan fingerprint density at radius 2 is 1.92 bits per heavy atom. The van der Waals surface area contributed by atoms with E-state index in [0.29, 0.717) is 30.2 Å². The molecule has 2 heterocycles. The van der Waals surface area contributed by atoms with E-state index >= 15 is 0 Å². The Morgan fingerprint density at radius 1 is 1.17 bits per heavy atom. The maximum absolute atomic E-state index is 13.0. The number of hydrogen-bond acceptors (Lipinski definition) is 6. The van der Waals surface area contributed by atoms with Gasteiger partial charge in [0, 0.05) is 18.0 Å². The maximum Gasteiger partial charge on any atom is 0.294 e. The Morgan fingerprint density at radius 3 is 2.69 bits per heavy atom. The van der Waals surface area contributed by atoms with Crippen molar-refractivity contribution in [3.63, 3.8) is 0 Å². The molecule has 10 heteroatoms. The fraction of sp³-hybridized carbons (Fsp3) is 0.308. The molecule has 36 heavy (non-hydrogen) atoms. The van der Waals surface area contributed by atoms with Crippen molar-refractivity contribution in [3.05, 3.63) is 87.1 Å². The summed E-state index contributed by atoms with van der Waals surface area (Å²) in [7, 11) is 0. The number of carbonyl (C=O) groups excluding carboxylic acids is 2. The minimum Gasteiger partial charge on any atom is -0.501 e. The Labute approximate surface area is 213 Å². The van der Waals surface area contributed by atoms with Gasteiger partial charge in [0.1, 0.15) is 18.2 Å². The lowest BCUT2D eigenvalue weighted by Crippen LogP contribution is -2.34. The van der Waals surface area contributed by atoms with Gasteiger partial charge in [0.2, 0.25) is 11.7 Å². The van der Waals surface area contributed by atoms with Crippen molar-refractivity contribution in [1.29, 1.82) is 0 Å². The van der Waals surface area contributed by atoms with E-state index in [-0.39, 0.29) is 37.0 Å². The van der Waals surface area contributed by atoms with Gasteiger partial charge in [0.15, 0.2) is 5.69 Å². The number of ether oxygens (including phenoxy) is 1. The van der Waals surface area contributed by atoms with Crippen molar-refractivity contribution in [1.82, 2.24) is 20.2 Å². The minimum atomic E-state index is -0.832. The van der Waals surface area contributed by atoms with Crippen LogP contribution in [0.5, 0.6) is 11.5 Å². The molecule has 9 nitrogen and oxygen atoms in total. The van der Waals surface area contributed by atoms with Crippen molar-refractivity contribution in [2.75, 3.05) is 19.7 Å². The van der Waals surface area contributed by atoms with Crippen molar-refractivity contribution in [2.24, 2.45) is 0 Å². The summed E-state index contributed by atoms with van der Waals surface area (Å²) < 4.78 is 5.54. The molecule has 0 radical (unpaired) electrons. The van der Waals surface area contributed by atoms with E-state index in [9.17, 15) is 19.5 Å². The number of aromatic nitrogens is 2. The topological polar surface area (TPSA) is 125 Å². The van der Waals surface area contributed by atoms with Gasteiger partial charge in [-0.25, -0.2) is 4.98 Å². The SMILES string of the molecule is O=C(NCCOc1ccccc1)c1nc([C@@H]2CCCN2C(=O)CCc2ccccc2Cl)[nH]c(=O)c1O. The zero-order chi connectivity index (χ0) is 25.5. The first-order valence-electron chi connectivity index (χ1n) is 11.8. The summed E-state index contributed by atoms with van der Waals surface area (Å²) >= 11 is 6.20. The molecule has 0 spiro atoms. The van der Waals surface area contributed by atoms with Crippen LogP contribution in [0, 0.1) is 0 Å². The first-order chi connectivity index (χ1) is 17.4. The number of nitrogens with one attached hydrogen (secondary N) is 2. The highest BCUT2D eigenvalue weighted by Gasteiger charge is 2.33. The van der Waals surface area contributed by atoms with Gasteiger partial charge in [-0.3, -0.25) is 14.4 Å². The average molecular weight is 511 g/mol. The average Bonchev–Trinajstić information content (AvgIpc) is 3.38. The zero-order valence-electron chi connectivity index (χ0n) is 19.6. The van der Waals surface area contributed by atoms with Crippen LogP contribution in [0.15, 0.2) is 59.4 Å². The molecule has 2 aromatic carbocycles. The van der Waals surface area contributed by atoms with Gasteiger partial charge < -0.3 is 25.0 Å². The molecule has 3 aromatic rings. The summed E-state index contributed by atoms with van der Waals surface area (Å²) in [6.45, 7) is 0.852. The standard InChI is InChI=1S/C26H27ClN4O5/c27-19-10-5-4-7-17(19)12-13-21(32)31-15-6-11-20(31)24-29-22(23(33)26(35)30-24)25(34)28-14-16-36-18-8-2-1-3-9-18/h1-5,7-10,20,33H,6,11-16H2,(H,28,34)(H,29,30,35)/t20-/m0/s1. The number of likely N-dealkylation sites (tertiary alicyclic amines) is 1. The third-order valence-electron chi connectivity index (χ3n) is 5.98. The van der Waals surface area contributed by atoms with E-state index in [1.165, 1.54) is 0 Å². The third-order valence-corrected chi connectivity index (χ3v) is 6.35. The summed E-state index contributed by atoms with van der Waals surface area (Å²) in [4.78, 5) is 46.5. The van der Waals surface area contributed by atoms with Gasteiger partial charge in [0.25, 0.3) is 11.5 Å². The van der Waals surface area contributed by atoms with Crippen LogP contribution in [0.4, 0.5) is 0 Å². The van der Waals surface area contributed by atoms with E-state index in [1.54, 1.807) is 23.1 Å². The second-order valence-corrected chi connectivity index (χ2v) is 8.81. The zero-order valence-corrected chi connectivity index (χ0v) is 20.3. The van der Waals surface area contributed by atoms with Crippen LogP contribution < -0.4 is 15.6 Å². The first kappa shape index (κ1) is 25.2. The molecule has 0 aliphatic carbocycles. The maximum atomic E-state index is 13.0. The highest BCUT2D eigenvalue weighted by atomic mass is 35.5. The van der Waals surface area contributed by atoms with Gasteiger partial charge in [-0.15, -0.1) is 0 Å². The Bertz CT molecular complexity index is 1280. The van der Waals surface area contributed by atoms with Crippen molar-refractivity contribution < 1.29 is 19.4 Å². The highest BCUT2D eigenvalue weighted by molar-refractivity contribution is 6.31. The van der Waals surface area contributed by atoms with Gasteiger partial charge in [0.05, 0.1) is 12.6 Å². The molecule has 1 aromatic heterocycles. The molecule has 0 saturated carbocycles. The number of amides is 2. The van der Waals surface area contributed by atoms with Gasteiger partial charge in [-0.05, 0) is 43.0 Å². The fourth-order valence-electron chi connectivity index (χ4n) is 4.17. The lowest BCUT2D eigenvalue weighted by atomic mass is 10.1. The third kappa shape index (κ3) is 6.04. The monoisotopic (exact) mass is 510 g/mol. The molecule has 1 fully saturated rings. The van der Waals surface area contributed by atoms with Crippen LogP contribution in [0.25, 0.3) is 0 Å². The van der Waals surface area contributed by atoms with Crippen LogP contribution in [0.2, 0.25) is 5.02 Å². The number of aryl methyl sites for hydroxylation is 1. The van der Waals surface area contributed by atoms with Crippen molar-refractivity contribution in [2.45, 2.75) is 31.7 Å². The second kappa shape index (κ2) is 11.7. The molecule has 0 bridgehead atoms. The molecular weight excluding hydrogens is 484 g/mol. The van der Waals surface area contributed by atoms with Gasteiger partial charge in [-0.1, -0.05) is 48.0 Å². The number of halogens is 1. The quantitative estimate of drug-likeness (QED) is 0.380. The molecule has 188 valence electrons. The Kier molecular flexibility index (Phi) is 8.22. The van der Waals surface area contributed by atoms with Crippen molar-refractivity contribution >= 4 is 23.4 Å². The summed E-state index contributed by atoms with van der Waals surface area (Å²) in [6.07, 6.45) is 2.04. The first-order valence-corrected chi connectivity index (χ1v) is 12.1. The molecule has 2 amide bonds. The van der Waals surface area contributed by atoms with E-state index in [1.807, 2.05) is 36.4 Å². The molecule has 1 aliphatic rings. The van der Waals surface area contributed by atoms with Crippen LogP contribution in [-0.4, -0.2) is 51.5 Å². The normalized spacial score (nSPS) is 15.0. The van der Waals surface area contributed by atoms with Crippen molar-refractivity contribution in [3.8, 4) is 11.5 Å². The minimum absolute atomic E-state index is 0.0998. The number of H-pyrrole nitrogens is 1. The number of benzene rings is 2. The number of hydrogen-bond donors (Lipinski definition) is 3. The summed E-state index contributed by atoms with van der Waals surface area (Å²) in [5.41, 5.74) is -0.334. The smallest absolute Gasteiger partial charge is 0.294 e. The summed E-state index contributed by atoms with van der Waals surface area (Å²) in [5, 5.41) is 13.4. The van der Waals surface area contributed by atoms with Crippen LogP contribution in [0.3, 0.4) is 0 Å².